The maximum Gasteiger partial charge on any atom is 0.301 e. The number of aromatic hydroxyl groups is 1. The molecule has 0 unspecified atom stereocenters. The number of phenolic OH excluding ortho intramolecular Hbond substituents is 1. The van der Waals surface area contributed by atoms with Gasteiger partial charge in [-0.3, -0.25) is 4.72 Å². The van der Waals surface area contributed by atoms with Crippen LogP contribution in [0, 0.1) is 5.82 Å². The predicted octanol–water partition coefficient (Wildman–Crippen LogP) is 2.06. The van der Waals surface area contributed by atoms with E-state index in [1.807, 2.05) is 0 Å². The van der Waals surface area contributed by atoms with Gasteiger partial charge in [0.15, 0.2) is 0 Å². The highest BCUT2D eigenvalue weighted by molar-refractivity contribution is 7.90. The Morgan fingerprint density at radius 3 is 2.42 bits per heavy atom. The van der Waals surface area contributed by atoms with Crippen LogP contribution in [0.1, 0.15) is 25.7 Å². The Morgan fingerprint density at radius 1 is 1.16 bits per heavy atom. The molecule has 0 bridgehead atoms. The van der Waals surface area contributed by atoms with Crippen LogP contribution in [-0.4, -0.2) is 30.9 Å². The number of rotatable bonds is 3. The van der Waals surface area contributed by atoms with E-state index in [1.165, 1.54) is 4.31 Å². The minimum absolute atomic E-state index is 0.135. The van der Waals surface area contributed by atoms with Gasteiger partial charge in [0.25, 0.3) is 0 Å². The van der Waals surface area contributed by atoms with Gasteiger partial charge in [0.1, 0.15) is 11.6 Å². The van der Waals surface area contributed by atoms with E-state index in [9.17, 15) is 17.9 Å². The second kappa shape index (κ2) is 5.75. The topological polar surface area (TPSA) is 69.6 Å². The summed E-state index contributed by atoms with van der Waals surface area (Å²) in [6.07, 6.45) is 3.65. The van der Waals surface area contributed by atoms with Crippen LogP contribution in [0.5, 0.6) is 5.75 Å². The van der Waals surface area contributed by atoms with Crippen molar-refractivity contribution in [3.63, 3.8) is 0 Å². The van der Waals surface area contributed by atoms with E-state index in [0.717, 1.165) is 43.9 Å². The number of nitrogens with one attached hydrogen (secondary N) is 1. The molecular weight excluding hydrogens is 271 g/mol. The van der Waals surface area contributed by atoms with E-state index in [0.29, 0.717) is 13.1 Å². The molecule has 0 amide bonds. The van der Waals surface area contributed by atoms with Crippen LogP contribution in [0.3, 0.4) is 0 Å². The first kappa shape index (κ1) is 14.1. The van der Waals surface area contributed by atoms with E-state index in [2.05, 4.69) is 4.72 Å². The number of hydrogen-bond acceptors (Lipinski definition) is 3. The average molecular weight is 288 g/mol. The van der Waals surface area contributed by atoms with Gasteiger partial charge in [-0.15, -0.1) is 0 Å². The highest BCUT2D eigenvalue weighted by atomic mass is 32.2. The van der Waals surface area contributed by atoms with Crippen LogP contribution >= 0.6 is 0 Å². The third kappa shape index (κ3) is 3.57. The van der Waals surface area contributed by atoms with E-state index < -0.39 is 16.0 Å². The van der Waals surface area contributed by atoms with Gasteiger partial charge in [-0.1, -0.05) is 12.8 Å². The van der Waals surface area contributed by atoms with Crippen molar-refractivity contribution in [1.29, 1.82) is 0 Å². The fourth-order valence-corrected chi connectivity index (χ4v) is 3.38. The zero-order valence-electron chi connectivity index (χ0n) is 10.5. The first-order valence-corrected chi connectivity index (χ1v) is 7.69. The van der Waals surface area contributed by atoms with Gasteiger partial charge >= 0.3 is 10.2 Å². The van der Waals surface area contributed by atoms with Crippen molar-refractivity contribution in [3.05, 3.63) is 24.0 Å². The Bertz CT molecular complexity index is 540. The van der Waals surface area contributed by atoms with E-state index in [4.69, 9.17) is 0 Å². The zero-order chi connectivity index (χ0) is 13.9. The summed E-state index contributed by atoms with van der Waals surface area (Å²) in [5.41, 5.74) is -0.135. The van der Waals surface area contributed by atoms with Gasteiger partial charge in [0.05, 0.1) is 5.69 Å². The zero-order valence-corrected chi connectivity index (χ0v) is 11.3. The lowest BCUT2D eigenvalue weighted by Crippen LogP contribution is -2.36. The lowest BCUT2D eigenvalue weighted by atomic mass is 10.2. The molecule has 1 aliphatic heterocycles. The second-order valence-corrected chi connectivity index (χ2v) is 6.25. The SMILES string of the molecule is O=S(=O)(Nc1cc(F)ccc1O)N1CCCCCC1. The summed E-state index contributed by atoms with van der Waals surface area (Å²) in [5.74, 6) is -0.897. The van der Waals surface area contributed by atoms with Crippen LogP contribution in [0.2, 0.25) is 0 Å². The molecule has 5 nitrogen and oxygen atoms in total. The molecule has 2 N–H and O–H groups in total. The minimum Gasteiger partial charge on any atom is -0.506 e. The first-order valence-electron chi connectivity index (χ1n) is 6.25. The van der Waals surface area contributed by atoms with Gasteiger partial charge in [-0.25, -0.2) is 4.39 Å². The third-order valence-corrected chi connectivity index (χ3v) is 4.63. The van der Waals surface area contributed by atoms with Crippen molar-refractivity contribution in [2.45, 2.75) is 25.7 Å². The van der Waals surface area contributed by atoms with Gasteiger partial charge < -0.3 is 5.11 Å². The molecule has 0 aromatic heterocycles. The maximum atomic E-state index is 13.1. The lowest BCUT2D eigenvalue weighted by Gasteiger charge is -2.21. The van der Waals surface area contributed by atoms with Gasteiger partial charge in [-0.05, 0) is 25.0 Å². The molecule has 0 spiro atoms. The van der Waals surface area contributed by atoms with Crippen LogP contribution in [-0.2, 0) is 10.2 Å². The molecule has 1 heterocycles. The molecule has 0 atom stereocenters. The van der Waals surface area contributed by atoms with Crippen molar-refractivity contribution in [3.8, 4) is 5.75 Å². The van der Waals surface area contributed by atoms with E-state index in [1.54, 1.807) is 0 Å². The standard InChI is InChI=1S/C12H17FN2O3S/c13-10-5-6-12(16)11(9-10)14-19(17,18)15-7-3-1-2-4-8-15/h5-6,9,14,16H,1-4,7-8H2. The van der Waals surface area contributed by atoms with Crippen molar-refractivity contribution in [1.82, 2.24) is 4.31 Å². The smallest absolute Gasteiger partial charge is 0.301 e. The monoisotopic (exact) mass is 288 g/mol. The normalized spacial score (nSPS) is 17.9. The third-order valence-electron chi connectivity index (χ3n) is 3.10. The number of nitrogens with zero attached hydrogens (tertiary/aromatic N) is 1. The Hall–Kier alpha value is -1.34. The number of benzene rings is 1. The first-order chi connectivity index (χ1) is 8.99. The van der Waals surface area contributed by atoms with Crippen LogP contribution < -0.4 is 4.72 Å². The molecule has 2 rings (SSSR count). The molecule has 1 aliphatic rings. The quantitative estimate of drug-likeness (QED) is 0.836. The molecule has 0 saturated carbocycles. The lowest BCUT2D eigenvalue weighted by molar-refractivity contribution is 0.427. The summed E-state index contributed by atoms with van der Waals surface area (Å²) < 4.78 is 40.9. The molecule has 0 radical (unpaired) electrons. The van der Waals surface area contributed by atoms with Crippen molar-refractivity contribution in [2.75, 3.05) is 17.8 Å². The molecule has 1 aromatic carbocycles. The fourth-order valence-electron chi connectivity index (χ4n) is 2.08. The van der Waals surface area contributed by atoms with Crippen LogP contribution in [0.15, 0.2) is 18.2 Å². The summed E-state index contributed by atoms with van der Waals surface area (Å²) in [5, 5.41) is 9.54. The largest absolute Gasteiger partial charge is 0.506 e. The highest BCUT2D eigenvalue weighted by Gasteiger charge is 2.23. The minimum atomic E-state index is -3.74. The van der Waals surface area contributed by atoms with Crippen LogP contribution in [0.25, 0.3) is 0 Å². The molecule has 106 valence electrons. The van der Waals surface area contributed by atoms with Crippen LogP contribution in [0.4, 0.5) is 10.1 Å². The van der Waals surface area contributed by atoms with Crippen molar-refractivity contribution in [2.24, 2.45) is 0 Å². The highest BCUT2D eigenvalue weighted by Crippen LogP contribution is 2.26. The molecular formula is C12H17FN2O3S. The van der Waals surface area contributed by atoms with Gasteiger partial charge in [-0.2, -0.15) is 12.7 Å². The molecule has 7 heteroatoms. The summed E-state index contributed by atoms with van der Waals surface area (Å²) in [4.78, 5) is 0. The molecule has 1 saturated heterocycles. The molecule has 1 fully saturated rings. The summed E-state index contributed by atoms with van der Waals surface area (Å²) in [7, 11) is -3.74. The van der Waals surface area contributed by atoms with E-state index in [-0.39, 0.29) is 11.4 Å². The van der Waals surface area contributed by atoms with Gasteiger partial charge in [0.2, 0.25) is 0 Å². The Kier molecular flexibility index (Phi) is 4.26. The predicted molar refractivity (Wildman–Crippen MR) is 70.6 cm³/mol. The number of phenols is 1. The number of anilines is 1. The van der Waals surface area contributed by atoms with Crippen molar-refractivity contribution < 1.29 is 17.9 Å². The Balaban J connectivity index is 2.18. The van der Waals surface area contributed by atoms with Gasteiger partial charge in [0, 0.05) is 19.2 Å². The molecule has 1 aromatic rings. The second-order valence-electron chi connectivity index (χ2n) is 4.58. The Morgan fingerprint density at radius 2 is 1.79 bits per heavy atom. The fraction of sp³-hybridized carbons (Fsp3) is 0.500. The summed E-state index contributed by atoms with van der Waals surface area (Å²) in [6, 6.07) is 3.15. The number of halogens is 1. The number of hydrogen-bond donors (Lipinski definition) is 2. The maximum absolute atomic E-state index is 13.1. The van der Waals surface area contributed by atoms with E-state index >= 15 is 0 Å². The summed E-state index contributed by atoms with van der Waals surface area (Å²) in [6.45, 7) is 0.900. The molecule has 0 aliphatic carbocycles. The average Bonchev–Trinajstić information content (AvgIpc) is 2.63. The summed E-state index contributed by atoms with van der Waals surface area (Å²) >= 11 is 0. The Labute approximate surface area is 112 Å². The van der Waals surface area contributed by atoms with Crippen molar-refractivity contribution >= 4 is 15.9 Å². The molecule has 19 heavy (non-hydrogen) atoms.